The normalized spacial score (nSPS) is 11.8. The monoisotopic (exact) mass is 270 g/mol. The highest BCUT2D eigenvalue weighted by Gasteiger charge is 2.14. The minimum atomic E-state index is -0.395. The van der Waals surface area contributed by atoms with Crippen LogP contribution < -0.4 is 11.1 Å². The third-order valence-electron chi connectivity index (χ3n) is 3.13. The first kappa shape index (κ1) is 14.1. The minimum absolute atomic E-state index is 0.139. The highest BCUT2D eigenvalue weighted by atomic mass is 16.3. The summed E-state index contributed by atoms with van der Waals surface area (Å²) < 4.78 is 0. The molecule has 0 saturated carbocycles. The van der Waals surface area contributed by atoms with E-state index >= 15 is 0 Å². The van der Waals surface area contributed by atoms with Crippen molar-refractivity contribution < 1.29 is 9.90 Å². The maximum atomic E-state index is 12.0. The molecule has 0 radical (unpaired) electrons. The Hall–Kier alpha value is -2.33. The smallest absolute Gasteiger partial charge is 0.225 e. The number of nitrogens with one attached hydrogen (secondary N) is 1. The summed E-state index contributed by atoms with van der Waals surface area (Å²) in [5.41, 5.74) is 8.08. The molecule has 0 fully saturated rings. The van der Waals surface area contributed by atoms with Crippen LogP contribution in [0.3, 0.4) is 0 Å². The van der Waals surface area contributed by atoms with Crippen LogP contribution in [0.15, 0.2) is 54.6 Å². The van der Waals surface area contributed by atoms with Crippen molar-refractivity contribution in [2.75, 3.05) is 12.3 Å². The number of para-hydroxylation sites is 1. The number of aliphatic hydroxyl groups is 1. The summed E-state index contributed by atoms with van der Waals surface area (Å²) in [5.74, 6) is -0.161. The van der Waals surface area contributed by atoms with Crippen LogP contribution >= 0.6 is 0 Å². The number of amides is 1. The second-order valence-electron chi connectivity index (χ2n) is 4.59. The van der Waals surface area contributed by atoms with Gasteiger partial charge in [-0.3, -0.25) is 4.79 Å². The van der Waals surface area contributed by atoms with E-state index in [1.54, 1.807) is 6.07 Å². The Kier molecular flexibility index (Phi) is 4.74. The third kappa shape index (κ3) is 3.59. The highest BCUT2D eigenvalue weighted by molar-refractivity contribution is 5.80. The van der Waals surface area contributed by atoms with Crippen LogP contribution in [0.4, 0.5) is 5.69 Å². The number of rotatable bonds is 5. The first-order valence-electron chi connectivity index (χ1n) is 6.49. The van der Waals surface area contributed by atoms with Gasteiger partial charge < -0.3 is 16.2 Å². The number of hydrogen-bond acceptors (Lipinski definition) is 3. The van der Waals surface area contributed by atoms with Crippen molar-refractivity contribution in [1.82, 2.24) is 5.32 Å². The fourth-order valence-corrected chi connectivity index (χ4v) is 2.03. The van der Waals surface area contributed by atoms with Crippen LogP contribution in [0.25, 0.3) is 0 Å². The minimum Gasteiger partial charge on any atom is -0.398 e. The van der Waals surface area contributed by atoms with Gasteiger partial charge >= 0.3 is 0 Å². The zero-order valence-electron chi connectivity index (χ0n) is 11.1. The fourth-order valence-electron chi connectivity index (χ4n) is 2.03. The summed E-state index contributed by atoms with van der Waals surface area (Å²) in [6, 6.07) is 16.3. The number of carbonyl (C=O) groups is 1. The maximum Gasteiger partial charge on any atom is 0.225 e. The summed E-state index contributed by atoms with van der Waals surface area (Å²) in [6.07, 6.45) is 0.204. The molecule has 0 saturated heterocycles. The lowest BCUT2D eigenvalue weighted by molar-refractivity contribution is -0.121. The van der Waals surface area contributed by atoms with Gasteiger partial charge in [0.1, 0.15) is 0 Å². The summed E-state index contributed by atoms with van der Waals surface area (Å²) in [5, 5.41) is 12.2. The topological polar surface area (TPSA) is 75.4 Å². The van der Waals surface area contributed by atoms with E-state index in [1.165, 1.54) is 0 Å². The van der Waals surface area contributed by atoms with Gasteiger partial charge in [-0.2, -0.15) is 0 Å². The van der Waals surface area contributed by atoms with Crippen molar-refractivity contribution in [3.63, 3.8) is 0 Å². The maximum absolute atomic E-state index is 12.0. The van der Waals surface area contributed by atoms with Gasteiger partial charge in [0.25, 0.3) is 0 Å². The standard InChI is InChI=1S/C16H18N2O2/c17-14-9-5-4-8-13(14)10-16(20)18-15(11-19)12-6-2-1-3-7-12/h1-9,15,19H,10-11,17H2,(H,18,20). The van der Waals surface area contributed by atoms with Crippen molar-refractivity contribution in [1.29, 1.82) is 0 Å². The first-order valence-corrected chi connectivity index (χ1v) is 6.49. The Labute approximate surface area is 118 Å². The van der Waals surface area contributed by atoms with Crippen molar-refractivity contribution in [2.45, 2.75) is 12.5 Å². The van der Waals surface area contributed by atoms with Crippen LogP contribution in [0.5, 0.6) is 0 Å². The first-order chi connectivity index (χ1) is 9.70. The Morgan fingerprint density at radius 3 is 2.40 bits per heavy atom. The van der Waals surface area contributed by atoms with Crippen molar-refractivity contribution >= 4 is 11.6 Å². The van der Waals surface area contributed by atoms with E-state index in [2.05, 4.69) is 5.32 Å². The number of nitrogen functional groups attached to an aromatic ring is 1. The third-order valence-corrected chi connectivity index (χ3v) is 3.13. The average molecular weight is 270 g/mol. The molecule has 0 bridgehead atoms. The molecule has 2 rings (SSSR count). The molecule has 20 heavy (non-hydrogen) atoms. The molecule has 1 amide bonds. The largest absolute Gasteiger partial charge is 0.398 e. The molecule has 0 aliphatic heterocycles. The van der Waals surface area contributed by atoms with E-state index in [-0.39, 0.29) is 18.9 Å². The SMILES string of the molecule is Nc1ccccc1CC(=O)NC(CO)c1ccccc1. The van der Waals surface area contributed by atoms with E-state index in [0.717, 1.165) is 11.1 Å². The van der Waals surface area contributed by atoms with Gasteiger partial charge in [-0.1, -0.05) is 48.5 Å². The Morgan fingerprint density at radius 1 is 1.10 bits per heavy atom. The molecule has 1 unspecified atom stereocenters. The molecule has 0 aliphatic rings. The van der Waals surface area contributed by atoms with E-state index in [4.69, 9.17) is 5.73 Å². The van der Waals surface area contributed by atoms with E-state index in [9.17, 15) is 9.90 Å². The highest BCUT2D eigenvalue weighted by Crippen LogP contribution is 2.14. The fraction of sp³-hybridized carbons (Fsp3) is 0.188. The second-order valence-corrected chi connectivity index (χ2v) is 4.59. The van der Waals surface area contributed by atoms with Crippen molar-refractivity contribution in [3.05, 3.63) is 65.7 Å². The predicted molar refractivity (Wildman–Crippen MR) is 79.0 cm³/mol. The number of benzene rings is 2. The van der Waals surface area contributed by atoms with Gasteiger partial charge in [-0.05, 0) is 17.2 Å². The second kappa shape index (κ2) is 6.73. The number of nitrogens with two attached hydrogens (primary N) is 1. The van der Waals surface area contributed by atoms with Crippen LogP contribution in [0, 0.1) is 0 Å². The van der Waals surface area contributed by atoms with Crippen LogP contribution in [-0.4, -0.2) is 17.6 Å². The zero-order chi connectivity index (χ0) is 14.4. The van der Waals surface area contributed by atoms with Crippen molar-refractivity contribution in [2.24, 2.45) is 0 Å². The summed E-state index contributed by atoms with van der Waals surface area (Å²) in [6.45, 7) is -0.139. The lowest BCUT2D eigenvalue weighted by Crippen LogP contribution is -2.32. The zero-order valence-corrected chi connectivity index (χ0v) is 11.1. The van der Waals surface area contributed by atoms with Gasteiger partial charge in [-0.25, -0.2) is 0 Å². The molecule has 1 atom stereocenters. The quantitative estimate of drug-likeness (QED) is 0.723. The molecule has 4 nitrogen and oxygen atoms in total. The molecule has 0 aromatic heterocycles. The molecule has 104 valence electrons. The lowest BCUT2D eigenvalue weighted by Gasteiger charge is -2.17. The number of anilines is 1. The number of aliphatic hydroxyl groups excluding tert-OH is 1. The Balaban J connectivity index is 2.02. The summed E-state index contributed by atoms with van der Waals surface area (Å²) in [4.78, 5) is 12.0. The van der Waals surface area contributed by atoms with E-state index in [0.29, 0.717) is 5.69 Å². The Morgan fingerprint density at radius 2 is 1.75 bits per heavy atom. The molecule has 2 aromatic carbocycles. The summed E-state index contributed by atoms with van der Waals surface area (Å²) in [7, 11) is 0. The van der Waals surface area contributed by atoms with E-state index < -0.39 is 6.04 Å². The molecular weight excluding hydrogens is 252 g/mol. The number of hydrogen-bond donors (Lipinski definition) is 3. The van der Waals surface area contributed by atoms with Crippen LogP contribution in [0.1, 0.15) is 17.2 Å². The van der Waals surface area contributed by atoms with Gasteiger partial charge in [0.05, 0.1) is 19.1 Å². The van der Waals surface area contributed by atoms with Gasteiger partial charge in [-0.15, -0.1) is 0 Å². The van der Waals surface area contributed by atoms with Crippen molar-refractivity contribution in [3.8, 4) is 0 Å². The van der Waals surface area contributed by atoms with Crippen LogP contribution in [0.2, 0.25) is 0 Å². The molecule has 0 spiro atoms. The van der Waals surface area contributed by atoms with Crippen LogP contribution in [-0.2, 0) is 11.2 Å². The lowest BCUT2D eigenvalue weighted by atomic mass is 10.1. The molecule has 0 aliphatic carbocycles. The number of carbonyl (C=O) groups excluding carboxylic acids is 1. The van der Waals surface area contributed by atoms with Gasteiger partial charge in [0.15, 0.2) is 0 Å². The molecule has 0 heterocycles. The Bertz CT molecular complexity index is 570. The summed E-state index contributed by atoms with van der Waals surface area (Å²) >= 11 is 0. The molecule has 2 aromatic rings. The van der Waals surface area contributed by atoms with Gasteiger partial charge in [0, 0.05) is 5.69 Å². The van der Waals surface area contributed by atoms with Gasteiger partial charge in [0.2, 0.25) is 5.91 Å². The molecule has 4 N–H and O–H groups in total. The predicted octanol–water partition coefficient (Wildman–Crippen LogP) is 1.66. The molecule has 4 heteroatoms. The molecular formula is C16H18N2O2. The average Bonchev–Trinajstić information content (AvgIpc) is 2.48. The van der Waals surface area contributed by atoms with E-state index in [1.807, 2.05) is 48.5 Å².